The topological polar surface area (TPSA) is 75.3 Å². The number of nitrogens with zero attached hydrogens (tertiary/aromatic N) is 2. The van der Waals surface area contributed by atoms with Crippen LogP contribution in [0.25, 0.3) is 10.9 Å². The Morgan fingerprint density at radius 2 is 1.88 bits per heavy atom. The van der Waals surface area contributed by atoms with Crippen molar-refractivity contribution in [3.63, 3.8) is 0 Å². The van der Waals surface area contributed by atoms with Gasteiger partial charge in [0.05, 0.1) is 31.0 Å². The average molecular weight is 351 g/mol. The minimum atomic E-state index is -0.196. The molecule has 0 saturated carbocycles. The van der Waals surface area contributed by atoms with Gasteiger partial charge in [0.15, 0.2) is 0 Å². The summed E-state index contributed by atoms with van der Waals surface area (Å²) in [5.41, 5.74) is 1.26. The number of hydrogen-bond acceptors (Lipinski definition) is 4. The number of nitrogens with one attached hydrogen (secondary N) is 1. The summed E-state index contributed by atoms with van der Waals surface area (Å²) in [6, 6.07) is 14.6. The Kier molecular flexibility index (Phi) is 5.31. The van der Waals surface area contributed by atoms with Gasteiger partial charge in [0.25, 0.3) is 5.56 Å². The zero-order valence-corrected chi connectivity index (χ0v) is 14.9. The Morgan fingerprint density at radius 1 is 1.15 bits per heavy atom. The lowest BCUT2D eigenvalue weighted by Gasteiger charge is -2.21. The van der Waals surface area contributed by atoms with E-state index in [0.717, 1.165) is 5.56 Å². The molecule has 6 heteroatoms. The zero-order chi connectivity index (χ0) is 18.5. The molecule has 0 aliphatic heterocycles. The van der Waals surface area contributed by atoms with Gasteiger partial charge in [0.2, 0.25) is 5.91 Å². The molecule has 0 radical (unpaired) electrons. The molecule has 3 rings (SSSR count). The van der Waals surface area contributed by atoms with E-state index in [1.54, 1.807) is 30.2 Å². The molecule has 1 N–H and O–H groups in total. The Labute approximate surface area is 151 Å². The minimum absolute atomic E-state index is 0.0483. The number of carbonyl (C=O) groups excluding carboxylic acids is 1. The fraction of sp³-hybridized carbons (Fsp3) is 0.250. The Balaban J connectivity index is 1.81. The molecule has 0 aliphatic carbocycles. The highest BCUT2D eigenvalue weighted by Crippen LogP contribution is 2.19. The van der Waals surface area contributed by atoms with Crippen LogP contribution in [0.3, 0.4) is 0 Å². The average Bonchev–Trinajstić information content (AvgIpc) is 2.66. The van der Waals surface area contributed by atoms with E-state index in [0.29, 0.717) is 29.0 Å². The third-order valence-corrected chi connectivity index (χ3v) is 4.27. The number of amides is 1. The number of H-pyrrole nitrogens is 1. The lowest BCUT2D eigenvalue weighted by Crippen LogP contribution is -2.33. The highest BCUT2D eigenvalue weighted by atomic mass is 16.5. The Hall–Kier alpha value is -3.15. The van der Waals surface area contributed by atoms with Gasteiger partial charge in [-0.2, -0.15) is 0 Å². The maximum Gasteiger partial charge on any atom is 0.258 e. The second kappa shape index (κ2) is 7.82. The number of methoxy groups -OCH3 is 1. The number of aromatic amines is 1. The van der Waals surface area contributed by atoms with Gasteiger partial charge >= 0.3 is 0 Å². The minimum Gasteiger partial charge on any atom is -0.496 e. The van der Waals surface area contributed by atoms with E-state index >= 15 is 0 Å². The largest absolute Gasteiger partial charge is 0.496 e. The maximum atomic E-state index is 12.7. The summed E-state index contributed by atoms with van der Waals surface area (Å²) in [6.45, 7) is 2.67. The van der Waals surface area contributed by atoms with E-state index in [9.17, 15) is 9.59 Å². The molecule has 0 atom stereocenters. The number of para-hydroxylation sites is 2. The van der Waals surface area contributed by atoms with Crippen molar-refractivity contribution >= 4 is 16.8 Å². The summed E-state index contributed by atoms with van der Waals surface area (Å²) in [5.74, 6) is 1.12. The zero-order valence-electron chi connectivity index (χ0n) is 14.9. The maximum absolute atomic E-state index is 12.7. The lowest BCUT2D eigenvalue weighted by atomic mass is 10.1. The summed E-state index contributed by atoms with van der Waals surface area (Å²) in [7, 11) is 1.59. The van der Waals surface area contributed by atoms with Crippen LogP contribution in [0.15, 0.2) is 53.3 Å². The van der Waals surface area contributed by atoms with Crippen molar-refractivity contribution in [1.29, 1.82) is 0 Å². The first kappa shape index (κ1) is 17.7. The molecule has 0 saturated heterocycles. The second-order valence-electron chi connectivity index (χ2n) is 5.93. The first-order chi connectivity index (χ1) is 12.6. The van der Waals surface area contributed by atoms with Gasteiger partial charge in [-0.15, -0.1) is 0 Å². The number of rotatable bonds is 6. The van der Waals surface area contributed by atoms with Crippen molar-refractivity contribution in [1.82, 2.24) is 14.9 Å². The Bertz CT molecular complexity index is 981. The predicted octanol–water partition coefficient (Wildman–Crippen LogP) is 2.52. The molecule has 134 valence electrons. The number of hydrogen-bond donors (Lipinski definition) is 1. The second-order valence-corrected chi connectivity index (χ2v) is 5.93. The van der Waals surface area contributed by atoms with Gasteiger partial charge in [-0.25, -0.2) is 4.98 Å². The molecule has 1 amide bonds. The van der Waals surface area contributed by atoms with Crippen LogP contribution >= 0.6 is 0 Å². The van der Waals surface area contributed by atoms with Crippen LogP contribution in [-0.2, 0) is 17.8 Å². The molecule has 1 heterocycles. The van der Waals surface area contributed by atoms with Crippen molar-refractivity contribution in [3.8, 4) is 5.75 Å². The number of aromatic nitrogens is 2. The molecule has 26 heavy (non-hydrogen) atoms. The van der Waals surface area contributed by atoms with E-state index in [2.05, 4.69) is 9.97 Å². The van der Waals surface area contributed by atoms with Crippen LogP contribution in [0.4, 0.5) is 0 Å². The van der Waals surface area contributed by atoms with Gasteiger partial charge in [0.1, 0.15) is 11.6 Å². The van der Waals surface area contributed by atoms with Crippen LogP contribution in [0.5, 0.6) is 5.75 Å². The van der Waals surface area contributed by atoms with E-state index in [-0.39, 0.29) is 24.4 Å². The molecular weight excluding hydrogens is 330 g/mol. The van der Waals surface area contributed by atoms with Gasteiger partial charge in [0, 0.05) is 12.1 Å². The number of ether oxygens (including phenoxy) is 1. The van der Waals surface area contributed by atoms with Crippen molar-refractivity contribution in [3.05, 3.63) is 70.3 Å². The highest BCUT2D eigenvalue weighted by Gasteiger charge is 2.16. The summed E-state index contributed by atoms with van der Waals surface area (Å²) < 4.78 is 5.31. The van der Waals surface area contributed by atoms with E-state index in [1.165, 1.54) is 0 Å². The smallest absolute Gasteiger partial charge is 0.258 e. The van der Waals surface area contributed by atoms with E-state index in [4.69, 9.17) is 4.74 Å². The third-order valence-electron chi connectivity index (χ3n) is 4.27. The van der Waals surface area contributed by atoms with Crippen molar-refractivity contribution in [2.75, 3.05) is 13.7 Å². The van der Waals surface area contributed by atoms with E-state index < -0.39 is 0 Å². The molecule has 6 nitrogen and oxygen atoms in total. The Morgan fingerprint density at radius 3 is 2.65 bits per heavy atom. The number of benzene rings is 2. The molecule has 0 fully saturated rings. The quantitative estimate of drug-likeness (QED) is 0.740. The molecule has 0 spiro atoms. The molecule has 0 unspecified atom stereocenters. The molecule has 3 aromatic rings. The first-order valence-corrected chi connectivity index (χ1v) is 8.50. The lowest BCUT2D eigenvalue weighted by molar-refractivity contribution is -0.131. The molecular formula is C20H21N3O3. The fourth-order valence-corrected chi connectivity index (χ4v) is 2.89. The van der Waals surface area contributed by atoms with Gasteiger partial charge in [-0.1, -0.05) is 30.3 Å². The van der Waals surface area contributed by atoms with Crippen LogP contribution in [0.2, 0.25) is 0 Å². The van der Waals surface area contributed by atoms with E-state index in [1.807, 2.05) is 37.3 Å². The van der Waals surface area contributed by atoms with Crippen molar-refractivity contribution < 1.29 is 9.53 Å². The normalized spacial score (nSPS) is 10.7. The summed E-state index contributed by atoms with van der Waals surface area (Å²) >= 11 is 0. The van der Waals surface area contributed by atoms with Gasteiger partial charge in [-0.3, -0.25) is 9.59 Å². The van der Waals surface area contributed by atoms with Crippen molar-refractivity contribution in [2.45, 2.75) is 19.9 Å². The molecule has 2 aromatic carbocycles. The van der Waals surface area contributed by atoms with Crippen molar-refractivity contribution in [2.24, 2.45) is 0 Å². The molecule has 1 aromatic heterocycles. The van der Waals surface area contributed by atoms with Crippen LogP contribution < -0.4 is 10.3 Å². The number of likely N-dealkylation sites (N-methyl/N-ethyl adjacent to an activating group) is 1. The standard InChI is InChI=1S/C20H21N3O3/c1-3-23(19(24)12-14-8-4-7-11-17(14)26-2)13-18-21-16-10-6-5-9-15(16)20(25)22-18/h4-11H,3,12-13H2,1-2H3,(H,21,22,25). The van der Waals surface area contributed by atoms with Gasteiger partial charge < -0.3 is 14.6 Å². The predicted molar refractivity (Wildman–Crippen MR) is 100 cm³/mol. The third kappa shape index (κ3) is 3.74. The number of carbonyl (C=O) groups is 1. The summed E-state index contributed by atoms with van der Waals surface area (Å²) in [5, 5.41) is 0.541. The van der Waals surface area contributed by atoms with Crippen LogP contribution in [0.1, 0.15) is 18.3 Å². The van der Waals surface area contributed by atoms with Gasteiger partial charge in [-0.05, 0) is 25.1 Å². The highest BCUT2D eigenvalue weighted by molar-refractivity contribution is 5.80. The SMILES string of the molecule is CCN(Cc1nc2ccccc2c(=O)[nH]1)C(=O)Cc1ccccc1OC. The fourth-order valence-electron chi connectivity index (χ4n) is 2.89. The summed E-state index contributed by atoms with van der Waals surface area (Å²) in [6.07, 6.45) is 0.232. The number of fused-ring (bicyclic) bond motifs is 1. The monoisotopic (exact) mass is 351 g/mol. The van der Waals surface area contributed by atoms with Crippen LogP contribution in [0, 0.1) is 0 Å². The molecule has 0 aliphatic rings. The first-order valence-electron chi connectivity index (χ1n) is 8.50. The molecule has 0 bridgehead atoms. The van der Waals surface area contributed by atoms with Crippen LogP contribution in [-0.4, -0.2) is 34.4 Å². The summed E-state index contributed by atoms with van der Waals surface area (Å²) in [4.78, 5) is 33.8.